The standard InChI is InChI=1S/C17H21NO2/c1-13-9-10-16(15(12-13)8-4-5-11-19)18-17(20)14-6-2-3-7-14/h9-10,12,14,19H,2-3,5-7,11H2,1H3,(H,18,20). The fraction of sp³-hybridized carbons (Fsp3) is 0.471. The molecule has 0 spiro atoms. The van der Waals surface area contributed by atoms with Crippen LogP contribution in [-0.4, -0.2) is 17.6 Å². The summed E-state index contributed by atoms with van der Waals surface area (Å²) in [4.78, 5) is 12.2. The largest absolute Gasteiger partial charge is 0.395 e. The van der Waals surface area contributed by atoms with Crippen LogP contribution in [0.1, 0.15) is 43.2 Å². The van der Waals surface area contributed by atoms with E-state index in [4.69, 9.17) is 5.11 Å². The van der Waals surface area contributed by atoms with Crippen molar-refractivity contribution in [3.05, 3.63) is 29.3 Å². The van der Waals surface area contributed by atoms with Gasteiger partial charge in [0.1, 0.15) is 0 Å². The molecule has 0 atom stereocenters. The summed E-state index contributed by atoms with van der Waals surface area (Å²) in [5.41, 5.74) is 2.71. The summed E-state index contributed by atoms with van der Waals surface area (Å²) < 4.78 is 0. The summed E-state index contributed by atoms with van der Waals surface area (Å²) in [6.07, 6.45) is 4.72. The molecule has 1 saturated carbocycles. The Balaban J connectivity index is 2.14. The van der Waals surface area contributed by atoms with E-state index >= 15 is 0 Å². The fourth-order valence-electron chi connectivity index (χ4n) is 2.51. The van der Waals surface area contributed by atoms with Crippen LogP contribution in [0.2, 0.25) is 0 Å². The molecule has 2 rings (SSSR count). The van der Waals surface area contributed by atoms with E-state index in [1.807, 2.05) is 25.1 Å². The lowest BCUT2D eigenvalue weighted by Crippen LogP contribution is -2.20. The molecule has 1 aliphatic carbocycles. The smallest absolute Gasteiger partial charge is 0.227 e. The van der Waals surface area contributed by atoms with Gasteiger partial charge in [-0.25, -0.2) is 0 Å². The Bertz CT molecular complexity index is 534. The zero-order valence-electron chi connectivity index (χ0n) is 11.9. The minimum atomic E-state index is 0.0581. The van der Waals surface area contributed by atoms with E-state index in [9.17, 15) is 4.79 Å². The zero-order chi connectivity index (χ0) is 14.4. The van der Waals surface area contributed by atoms with Crippen molar-refractivity contribution >= 4 is 11.6 Å². The topological polar surface area (TPSA) is 49.3 Å². The van der Waals surface area contributed by atoms with Crippen molar-refractivity contribution in [2.24, 2.45) is 5.92 Å². The molecule has 20 heavy (non-hydrogen) atoms. The summed E-state index contributed by atoms with van der Waals surface area (Å²) in [5, 5.41) is 11.8. The molecule has 0 heterocycles. The van der Waals surface area contributed by atoms with E-state index < -0.39 is 0 Å². The number of benzene rings is 1. The van der Waals surface area contributed by atoms with E-state index in [0.717, 1.165) is 42.5 Å². The molecule has 0 radical (unpaired) electrons. The third kappa shape index (κ3) is 3.85. The molecule has 1 fully saturated rings. The molecule has 1 amide bonds. The first-order chi connectivity index (χ1) is 9.70. The molecule has 0 saturated heterocycles. The van der Waals surface area contributed by atoms with Crippen LogP contribution in [0.5, 0.6) is 0 Å². The average molecular weight is 271 g/mol. The second-order valence-corrected chi connectivity index (χ2v) is 5.30. The molecule has 0 unspecified atom stereocenters. The minimum absolute atomic E-state index is 0.0581. The maximum absolute atomic E-state index is 12.2. The van der Waals surface area contributed by atoms with Crippen molar-refractivity contribution in [2.45, 2.75) is 39.0 Å². The first kappa shape index (κ1) is 14.6. The van der Waals surface area contributed by atoms with Crippen LogP contribution in [0, 0.1) is 24.7 Å². The first-order valence-corrected chi connectivity index (χ1v) is 7.22. The molecule has 1 aromatic rings. The molecule has 0 aromatic heterocycles. The maximum atomic E-state index is 12.2. The number of hydrogen-bond donors (Lipinski definition) is 2. The highest BCUT2D eigenvalue weighted by Crippen LogP contribution is 2.26. The van der Waals surface area contributed by atoms with E-state index in [0.29, 0.717) is 6.42 Å². The van der Waals surface area contributed by atoms with E-state index in [2.05, 4.69) is 17.2 Å². The highest BCUT2D eigenvalue weighted by molar-refractivity contribution is 5.94. The highest BCUT2D eigenvalue weighted by atomic mass is 16.2. The van der Waals surface area contributed by atoms with E-state index in [1.54, 1.807) is 0 Å². The predicted molar refractivity (Wildman–Crippen MR) is 80.3 cm³/mol. The van der Waals surface area contributed by atoms with Crippen molar-refractivity contribution in [1.29, 1.82) is 0 Å². The van der Waals surface area contributed by atoms with Crippen molar-refractivity contribution in [3.8, 4) is 11.8 Å². The lowest BCUT2D eigenvalue weighted by Gasteiger charge is -2.12. The van der Waals surface area contributed by atoms with Crippen LogP contribution in [0.15, 0.2) is 18.2 Å². The summed E-state index contributed by atoms with van der Waals surface area (Å²) in [7, 11) is 0. The summed E-state index contributed by atoms with van der Waals surface area (Å²) in [6.45, 7) is 2.06. The lowest BCUT2D eigenvalue weighted by atomic mass is 10.1. The minimum Gasteiger partial charge on any atom is -0.395 e. The van der Waals surface area contributed by atoms with Gasteiger partial charge in [-0.2, -0.15) is 0 Å². The second kappa shape index (κ2) is 7.12. The first-order valence-electron chi connectivity index (χ1n) is 7.22. The van der Waals surface area contributed by atoms with Crippen LogP contribution >= 0.6 is 0 Å². The van der Waals surface area contributed by atoms with Gasteiger partial charge in [0, 0.05) is 17.9 Å². The maximum Gasteiger partial charge on any atom is 0.227 e. The van der Waals surface area contributed by atoms with Crippen LogP contribution in [0.25, 0.3) is 0 Å². The Morgan fingerprint density at radius 3 is 2.85 bits per heavy atom. The third-order valence-electron chi connectivity index (χ3n) is 3.62. The molecule has 0 bridgehead atoms. The molecule has 2 N–H and O–H groups in total. The van der Waals surface area contributed by atoms with Crippen molar-refractivity contribution < 1.29 is 9.90 Å². The van der Waals surface area contributed by atoms with Gasteiger partial charge in [-0.15, -0.1) is 0 Å². The Hall–Kier alpha value is -1.79. The number of aliphatic hydroxyl groups excluding tert-OH is 1. The summed E-state index contributed by atoms with van der Waals surface area (Å²) in [6, 6.07) is 5.85. The van der Waals surface area contributed by atoms with Gasteiger partial charge in [0.25, 0.3) is 0 Å². The van der Waals surface area contributed by atoms with Gasteiger partial charge >= 0.3 is 0 Å². The molecule has 0 aliphatic heterocycles. The molecule has 1 aliphatic rings. The number of hydrogen-bond acceptors (Lipinski definition) is 2. The molecular formula is C17H21NO2. The summed E-state index contributed by atoms with van der Waals surface area (Å²) in [5.74, 6) is 6.19. The lowest BCUT2D eigenvalue weighted by molar-refractivity contribution is -0.119. The van der Waals surface area contributed by atoms with Crippen LogP contribution in [0.4, 0.5) is 5.69 Å². The monoisotopic (exact) mass is 271 g/mol. The van der Waals surface area contributed by atoms with Crippen LogP contribution in [0.3, 0.4) is 0 Å². The van der Waals surface area contributed by atoms with Gasteiger partial charge in [0.05, 0.1) is 12.3 Å². The predicted octanol–water partition coefficient (Wildman–Crippen LogP) is 2.86. The van der Waals surface area contributed by atoms with Crippen LogP contribution < -0.4 is 5.32 Å². The number of carbonyl (C=O) groups excluding carboxylic acids is 1. The Morgan fingerprint density at radius 2 is 2.15 bits per heavy atom. The number of nitrogens with one attached hydrogen (secondary N) is 1. The Kier molecular flexibility index (Phi) is 5.20. The van der Waals surface area contributed by atoms with Gasteiger partial charge in [0.15, 0.2) is 0 Å². The normalized spacial score (nSPS) is 14.7. The summed E-state index contributed by atoms with van der Waals surface area (Å²) >= 11 is 0. The number of anilines is 1. The highest BCUT2D eigenvalue weighted by Gasteiger charge is 2.23. The number of aliphatic hydroxyl groups is 1. The molecule has 3 heteroatoms. The van der Waals surface area contributed by atoms with Crippen molar-refractivity contribution in [2.75, 3.05) is 11.9 Å². The molecule has 106 valence electrons. The number of rotatable bonds is 3. The van der Waals surface area contributed by atoms with Crippen molar-refractivity contribution in [3.63, 3.8) is 0 Å². The van der Waals surface area contributed by atoms with Gasteiger partial charge in [-0.05, 0) is 37.5 Å². The zero-order valence-corrected chi connectivity index (χ0v) is 11.9. The fourth-order valence-corrected chi connectivity index (χ4v) is 2.51. The van der Waals surface area contributed by atoms with Gasteiger partial charge < -0.3 is 10.4 Å². The Morgan fingerprint density at radius 1 is 1.40 bits per heavy atom. The Labute approximate surface area is 120 Å². The van der Waals surface area contributed by atoms with Gasteiger partial charge in [-0.3, -0.25) is 4.79 Å². The van der Waals surface area contributed by atoms with E-state index in [1.165, 1.54) is 0 Å². The quantitative estimate of drug-likeness (QED) is 0.831. The molecule has 1 aromatic carbocycles. The van der Waals surface area contributed by atoms with E-state index in [-0.39, 0.29) is 18.4 Å². The number of amides is 1. The third-order valence-corrected chi connectivity index (χ3v) is 3.62. The van der Waals surface area contributed by atoms with Gasteiger partial charge in [0.2, 0.25) is 5.91 Å². The van der Waals surface area contributed by atoms with Gasteiger partial charge in [-0.1, -0.05) is 30.7 Å². The SMILES string of the molecule is Cc1ccc(NC(=O)C2CCCC2)c(C#CCCO)c1. The van der Waals surface area contributed by atoms with Crippen LogP contribution in [-0.2, 0) is 4.79 Å². The second-order valence-electron chi connectivity index (χ2n) is 5.30. The number of carbonyl (C=O) groups is 1. The molecular weight excluding hydrogens is 250 g/mol. The molecule has 3 nitrogen and oxygen atoms in total. The number of aryl methyl sites for hydroxylation is 1. The van der Waals surface area contributed by atoms with Crippen molar-refractivity contribution in [1.82, 2.24) is 0 Å². The average Bonchev–Trinajstić information content (AvgIpc) is 2.96.